The first-order chi connectivity index (χ1) is 10.1. The van der Waals surface area contributed by atoms with E-state index in [1.807, 2.05) is 0 Å². The summed E-state index contributed by atoms with van der Waals surface area (Å²) in [4.78, 5) is 11.7. The van der Waals surface area contributed by atoms with Gasteiger partial charge in [-0.15, -0.1) is 0 Å². The second kappa shape index (κ2) is 9.86. The molecule has 6 heteroatoms. The van der Waals surface area contributed by atoms with Crippen molar-refractivity contribution in [3.05, 3.63) is 35.4 Å². The minimum atomic E-state index is -2.50. The van der Waals surface area contributed by atoms with Crippen LogP contribution in [0.15, 0.2) is 24.3 Å². The monoisotopic (exact) mass is 297 g/mol. The molecule has 1 aromatic rings. The fourth-order valence-electron chi connectivity index (χ4n) is 1.44. The highest BCUT2D eigenvalue weighted by Gasteiger charge is 2.05. The number of ether oxygens (including phenoxy) is 1. The SMILES string of the molecule is O=C(NCCOCC(F)F)c1ccc(C#CCCO)cc1. The molecule has 1 amide bonds. The van der Waals surface area contributed by atoms with Gasteiger partial charge in [0.25, 0.3) is 12.3 Å². The molecule has 0 spiro atoms. The quantitative estimate of drug-likeness (QED) is 0.591. The number of nitrogens with one attached hydrogen (secondary N) is 1. The van der Waals surface area contributed by atoms with Crippen LogP contribution in [0, 0.1) is 11.8 Å². The van der Waals surface area contributed by atoms with E-state index in [2.05, 4.69) is 21.9 Å². The van der Waals surface area contributed by atoms with Crippen molar-refractivity contribution in [3.8, 4) is 11.8 Å². The molecule has 21 heavy (non-hydrogen) atoms. The highest BCUT2D eigenvalue weighted by Crippen LogP contribution is 2.03. The van der Waals surface area contributed by atoms with Crippen LogP contribution >= 0.6 is 0 Å². The van der Waals surface area contributed by atoms with Gasteiger partial charge in [0, 0.05) is 24.1 Å². The minimum Gasteiger partial charge on any atom is -0.395 e. The Kier molecular flexibility index (Phi) is 8.02. The van der Waals surface area contributed by atoms with E-state index in [4.69, 9.17) is 5.11 Å². The summed E-state index contributed by atoms with van der Waals surface area (Å²) in [6, 6.07) is 6.65. The fraction of sp³-hybridized carbons (Fsp3) is 0.400. The summed E-state index contributed by atoms with van der Waals surface area (Å²) < 4.78 is 28.2. The van der Waals surface area contributed by atoms with E-state index in [-0.39, 0.29) is 25.7 Å². The number of hydrogen-bond acceptors (Lipinski definition) is 3. The molecule has 0 aliphatic heterocycles. The van der Waals surface area contributed by atoms with Gasteiger partial charge in [0.2, 0.25) is 0 Å². The third-order valence-electron chi connectivity index (χ3n) is 2.39. The maximum absolute atomic E-state index is 11.8. The molecular weight excluding hydrogens is 280 g/mol. The van der Waals surface area contributed by atoms with Gasteiger partial charge in [-0.3, -0.25) is 4.79 Å². The maximum atomic E-state index is 11.8. The van der Waals surface area contributed by atoms with Gasteiger partial charge in [0.05, 0.1) is 13.2 Å². The Labute approximate surface area is 122 Å². The van der Waals surface area contributed by atoms with Crippen LogP contribution in [0.2, 0.25) is 0 Å². The van der Waals surface area contributed by atoms with E-state index in [0.717, 1.165) is 5.56 Å². The summed E-state index contributed by atoms with van der Waals surface area (Å²) in [5.41, 5.74) is 1.21. The summed E-state index contributed by atoms with van der Waals surface area (Å²) in [6.07, 6.45) is -2.10. The molecule has 0 atom stereocenters. The Morgan fingerprint density at radius 2 is 2.05 bits per heavy atom. The minimum absolute atomic E-state index is 0.0150. The predicted octanol–water partition coefficient (Wildman–Crippen LogP) is 1.43. The predicted molar refractivity (Wildman–Crippen MR) is 74.2 cm³/mol. The van der Waals surface area contributed by atoms with Gasteiger partial charge in [-0.05, 0) is 24.3 Å². The number of aliphatic hydroxyl groups excluding tert-OH is 1. The number of carbonyl (C=O) groups excluding carboxylic acids is 1. The lowest BCUT2D eigenvalue weighted by atomic mass is 10.1. The lowest BCUT2D eigenvalue weighted by molar-refractivity contribution is 0.0188. The molecule has 4 nitrogen and oxygen atoms in total. The van der Waals surface area contributed by atoms with Gasteiger partial charge in [0.15, 0.2) is 0 Å². The Morgan fingerprint density at radius 1 is 1.33 bits per heavy atom. The molecule has 0 unspecified atom stereocenters. The summed E-state index contributed by atoms with van der Waals surface area (Å²) in [6.45, 7) is -0.400. The summed E-state index contributed by atoms with van der Waals surface area (Å²) in [5.74, 6) is 5.33. The van der Waals surface area contributed by atoms with Crippen LogP contribution in [0.3, 0.4) is 0 Å². The first-order valence-corrected chi connectivity index (χ1v) is 6.47. The van der Waals surface area contributed by atoms with Crippen molar-refractivity contribution >= 4 is 5.91 Å². The number of carbonyl (C=O) groups is 1. The molecule has 0 fully saturated rings. The number of benzene rings is 1. The van der Waals surface area contributed by atoms with E-state index in [1.54, 1.807) is 24.3 Å². The van der Waals surface area contributed by atoms with Crippen LogP contribution in [-0.4, -0.2) is 43.8 Å². The van der Waals surface area contributed by atoms with Crippen LogP contribution in [0.1, 0.15) is 22.3 Å². The van der Waals surface area contributed by atoms with Crippen molar-refractivity contribution in [1.29, 1.82) is 0 Å². The number of amides is 1. The van der Waals surface area contributed by atoms with Crippen LogP contribution in [-0.2, 0) is 4.74 Å². The molecular formula is C15H17F2NO3. The molecule has 0 bridgehead atoms. The summed E-state index contributed by atoms with van der Waals surface area (Å²) >= 11 is 0. The number of rotatable bonds is 7. The van der Waals surface area contributed by atoms with E-state index < -0.39 is 13.0 Å². The zero-order valence-corrected chi connectivity index (χ0v) is 11.4. The Morgan fingerprint density at radius 3 is 2.67 bits per heavy atom. The van der Waals surface area contributed by atoms with E-state index in [9.17, 15) is 13.6 Å². The van der Waals surface area contributed by atoms with Gasteiger partial charge in [0.1, 0.15) is 6.61 Å². The Bertz CT molecular complexity index is 492. The van der Waals surface area contributed by atoms with Crippen LogP contribution in [0.25, 0.3) is 0 Å². The fourth-order valence-corrected chi connectivity index (χ4v) is 1.44. The van der Waals surface area contributed by atoms with Crippen LogP contribution in [0.4, 0.5) is 8.78 Å². The zero-order chi connectivity index (χ0) is 15.5. The second-order valence-electron chi connectivity index (χ2n) is 4.07. The van der Waals surface area contributed by atoms with Crippen molar-refractivity contribution in [3.63, 3.8) is 0 Å². The Balaban J connectivity index is 2.36. The van der Waals surface area contributed by atoms with Crippen LogP contribution < -0.4 is 5.32 Å². The van der Waals surface area contributed by atoms with Crippen molar-refractivity contribution in [2.24, 2.45) is 0 Å². The average molecular weight is 297 g/mol. The number of aliphatic hydroxyl groups is 1. The van der Waals surface area contributed by atoms with Gasteiger partial charge >= 0.3 is 0 Å². The topological polar surface area (TPSA) is 58.6 Å². The van der Waals surface area contributed by atoms with Crippen LogP contribution in [0.5, 0.6) is 0 Å². The number of alkyl halides is 2. The van der Waals surface area contributed by atoms with Crippen molar-refractivity contribution in [2.45, 2.75) is 12.8 Å². The number of halogens is 2. The second-order valence-corrected chi connectivity index (χ2v) is 4.07. The highest BCUT2D eigenvalue weighted by atomic mass is 19.3. The maximum Gasteiger partial charge on any atom is 0.261 e. The molecule has 0 heterocycles. The van der Waals surface area contributed by atoms with E-state index in [0.29, 0.717) is 12.0 Å². The van der Waals surface area contributed by atoms with E-state index >= 15 is 0 Å². The first kappa shape index (κ1) is 17.1. The van der Waals surface area contributed by atoms with E-state index in [1.165, 1.54) is 0 Å². The smallest absolute Gasteiger partial charge is 0.261 e. The zero-order valence-electron chi connectivity index (χ0n) is 11.4. The summed E-state index contributed by atoms with van der Waals surface area (Å²) in [7, 11) is 0. The molecule has 0 radical (unpaired) electrons. The molecule has 114 valence electrons. The van der Waals surface area contributed by atoms with Crippen molar-refractivity contribution < 1.29 is 23.4 Å². The van der Waals surface area contributed by atoms with Crippen molar-refractivity contribution in [1.82, 2.24) is 5.32 Å². The van der Waals surface area contributed by atoms with Gasteiger partial charge < -0.3 is 15.2 Å². The molecule has 0 aliphatic carbocycles. The Hall–Kier alpha value is -1.97. The molecule has 0 saturated carbocycles. The first-order valence-electron chi connectivity index (χ1n) is 6.47. The molecule has 0 saturated heterocycles. The number of hydrogen-bond donors (Lipinski definition) is 2. The van der Waals surface area contributed by atoms with Gasteiger partial charge in [-0.2, -0.15) is 0 Å². The third kappa shape index (κ3) is 7.40. The third-order valence-corrected chi connectivity index (χ3v) is 2.39. The lowest BCUT2D eigenvalue weighted by Crippen LogP contribution is -2.27. The average Bonchev–Trinajstić information content (AvgIpc) is 2.47. The standard InChI is InChI=1S/C15H17F2NO3/c16-14(17)11-21-10-8-18-15(20)13-6-4-12(5-7-13)3-1-2-9-19/h4-7,14,19H,2,8-11H2,(H,18,20). The molecule has 2 N–H and O–H groups in total. The lowest BCUT2D eigenvalue weighted by Gasteiger charge is -2.06. The molecule has 0 aromatic heterocycles. The highest BCUT2D eigenvalue weighted by molar-refractivity contribution is 5.94. The largest absolute Gasteiger partial charge is 0.395 e. The molecule has 0 aliphatic rings. The normalized spacial score (nSPS) is 10.1. The van der Waals surface area contributed by atoms with Crippen molar-refractivity contribution in [2.75, 3.05) is 26.4 Å². The summed E-state index contributed by atoms with van der Waals surface area (Å²) in [5, 5.41) is 11.2. The van der Waals surface area contributed by atoms with Gasteiger partial charge in [-0.25, -0.2) is 8.78 Å². The molecule has 1 aromatic carbocycles. The molecule has 1 rings (SSSR count). The van der Waals surface area contributed by atoms with Gasteiger partial charge in [-0.1, -0.05) is 11.8 Å².